The molecule has 0 saturated heterocycles. The summed E-state index contributed by atoms with van der Waals surface area (Å²) in [6, 6.07) is 9.94. The van der Waals surface area contributed by atoms with Gasteiger partial charge in [0.25, 0.3) is 5.78 Å². The molecule has 0 fully saturated rings. The van der Waals surface area contributed by atoms with Crippen molar-refractivity contribution < 1.29 is 19.4 Å². The number of benzene rings is 2. The molecule has 2 aromatic carbocycles. The molecule has 0 atom stereocenters. The number of carbonyl (C=O) groups is 2. The number of carbonyl (C=O) groups excluding carboxylic acids is 1. The summed E-state index contributed by atoms with van der Waals surface area (Å²) in [5.74, 6) is -2.46. The highest BCUT2D eigenvalue weighted by Crippen LogP contribution is 2.35. The van der Waals surface area contributed by atoms with Crippen LogP contribution in [0, 0.1) is 0 Å². The Morgan fingerprint density at radius 3 is 2.32 bits per heavy atom. The standard InChI is InChI=1S/C15H9BrCl2O4/c16-10-3-1-2-8(4-10)7-22-14-11(17)5-9(6-12(14)18)13(19)15(20)21/h1-6H,7H2,(H,20,21). The minimum absolute atomic E-state index is 0.0760. The second kappa shape index (κ2) is 7.13. The van der Waals surface area contributed by atoms with Crippen LogP contribution in [0.2, 0.25) is 10.0 Å². The fraction of sp³-hybridized carbons (Fsp3) is 0.0667. The van der Waals surface area contributed by atoms with E-state index in [4.69, 9.17) is 33.0 Å². The topological polar surface area (TPSA) is 63.6 Å². The Morgan fingerprint density at radius 2 is 1.77 bits per heavy atom. The third-order valence-corrected chi connectivity index (χ3v) is 3.78. The first kappa shape index (κ1) is 16.8. The molecule has 1 N–H and O–H groups in total. The summed E-state index contributed by atoms with van der Waals surface area (Å²) >= 11 is 15.4. The van der Waals surface area contributed by atoms with Crippen molar-refractivity contribution in [1.82, 2.24) is 0 Å². The molecule has 0 unspecified atom stereocenters. The van der Waals surface area contributed by atoms with Crippen LogP contribution in [-0.4, -0.2) is 16.9 Å². The number of ketones is 1. The largest absolute Gasteiger partial charge is 0.486 e. The first-order valence-corrected chi connectivity index (χ1v) is 7.57. The van der Waals surface area contributed by atoms with Crippen molar-refractivity contribution in [3.8, 4) is 5.75 Å². The van der Waals surface area contributed by atoms with E-state index < -0.39 is 11.8 Å². The SMILES string of the molecule is O=C(O)C(=O)c1cc(Cl)c(OCc2cccc(Br)c2)c(Cl)c1. The fourth-order valence-electron chi connectivity index (χ4n) is 1.73. The Morgan fingerprint density at radius 1 is 1.14 bits per heavy atom. The summed E-state index contributed by atoms with van der Waals surface area (Å²) in [6.07, 6.45) is 0. The van der Waals surface area contributed by atoms with Gasteiger partial charge in [-0.25, -0.2) is 4.79 Å². The van der Waals surface area contributed by atoms with Crippen LogP contribution in [0.5, 0.6) is 5.75 Å². The Labute approximate surface area is 144 Å². The molecule has 114 valence electrons. The smallest absolute Gasteiger partial charge is 0.377 e. The second-order valence-corrected chi connectivity index (χ2v) is 6.05. The van der Waals surface area contributed by atoms with Crippen molar-refractivity contribution >= 4 is 50.9 Å². The van der Waals surface area contributed by atoms with Gasteiger partial charge in [0.2, 0.25) is 0 Å². The van der Waals surface area contributed by atoms with Crippen LogP contribution in [0.25, 0.3) is 0 Å². The highest BCUT2D eigenvalue weighted by atomic mass is 79.9. The molecule has 7 heteroatoms. The molecule has 0 heterocycles. The van der Waals surface area contributed by atoms with Gasteiger partial charge in [-0.15, -0.1) is 0 Å². The number of carboxylic acid groups (broad SMARTS) is 1. The lowest BCUT2D eigenvalue weighted by Crippen LogP contribution is -2.12. The number of carboxylic acids is 1. The van der Waals surface area contributed by atoms with Crippen LogP contribution in [0.15, 0.2) is 40.9 Å². The number of Topliss-reactive ketones (excluding diaryl/α,β-unsaturated/α-hetero) is 1. The Balaban J connectivity index is 2.22. The molecule has 4 nitrogen and oxygen atoms in total. The molecule has 0 aliphatic carbocycles. The Kier molecular flexibility index (Phi) is 5.45. The van der Waals surface area contributed by atoms with Crippen LogP contribution < -0.4 is 4.74 Å². The summed E-state index contributed by atoms with van der Waals surface area (Å²) in [6.45, 7) is 0.227. The van der Waals surface area contributed by atoms with Gasteiger partial charge in [-0.1, -0.05) is 51.3 Å². The van der Waals surface area contributed by atoms with Crippen LogP contribution in [0.3, 0.4) is 0 Å². The molecule has 0 amide bonds. The van der Waals surface area contributed by atoms with E-state index in [1.807, 2.05) is 24.3 Å². The Bertz CT molecular complexity index is 723. The van der Waals surface area contributed by atoms with Gasteiger partial charge in [0, 0.05) is 10.0 Å². The first-order chi connectivity index (χ1) is 10.4. The van der Waals surface area contributed by atoms with Crippen LogP contribution in [0.4, 0.5) is 0 Å². The molecular weight excluding hydrogens is 395 g/mol. The molecule has 0 aliphatic heterocycles. The lowest BCUT2D eigenvalue weighted by atomic mass is 10.1. The van der Waals surface area contributed by atoms with E-state index in [1.54, 1.807) is 0 Å². The van der Waals surface area contributed by atoms with Gasteiger partial charge < -0.3 is 9.84 Å². The van der Waals surface area contributed by atoms with Crippen molar-refractivity contribution in [3.05, 3.63) is 62.0 Å². The fourth-order valence-corrected chi connectivity index (χ4v) is 2.78. The van der Waals surface area contributed by atoms with E-state index in [9.17, 15) is 9.59 Å². The predicted octanol–water partition coefficient (Wildman–Crippen LogP) is 4.60. The number of aliphatic carboxylic acids is 1. The first-order valence-electron chi connectivity index (χ1n) is 6.02. The van der Waals surface area contributed by atoms with Crippen LogP contribution in [0.1, 0.15) is 15.9 Å². The third kappa shape index (κ3) is 4.00. The average molecular weight is 404 g/mol. The van der Waals surface area contributed by atoms with E-state index in [1.165, 1.54) is 12.1 Å². The number of ether oxygens (including phenoxy) is 1. The van der Waals surface area contributed by atoms with Gasteiger partial charge in [-0.05, 0) is 29.8 Å². The van der Waals surface area contributed by atoms with Crippen molar-refractivity contribution in [2.24, 2.45) is 0 Å². The predicted molar refractivity (Wildman–Crippen MR) is 86.9 cm³/mol. The lowest BCUT2D eigenvalue weighted by molar-refractivity contribution is -0.131. The molecule has 2 aromatic rings. The maximum Gasteiger partial charge on any atom is 0.377 e. The minimum atomic E-state index is -1.57. The van der Waals surface area contributed by atoms with Crippen LogP contribution >= 0.6 is 39.1 Å². The lowest BCUT2D eigenvalue weighted by Gasteiger charge is -2.11. The van der Waals surface area contributed by atoms with Gasteiger partial charge in [0.1, 0.15) is 6.61 Å². The highest BCUT2D eigenvalue weighted by molar-refractivity contribution is 9.10. The molecular formula is C15H9BrCl2O4. The van der Waals surface area contributed by atoms with Crippen LogP contribution in [-0.2, 0) is 11.4 Å². The molecule has 0 radical (unpaired) electrons. The summed E-state index contributed by atoms with van der Waals surface area (Å²) in [7, 11) is 0. The number of halogens is 3. The number of hydrogen-bond acceptors (Lipinski definition) is 3. The van der Waals surface area contributed by atoms with Crippen molar-refractivity contribution in [3.63, 3.8) is 0 Å². The van der Waals surface area contributed by atoms with Gasteiger partial charge in [0.05, 0.1) is 10.0 Å². The molecule has 22 heavy (non-hydrogen) atoms. The summed E-state index contributed by atoms with van der Waals surface area (Å²) in [4.78, 5) is 22.1. The monoisotopic (exact) mass is 402 g/mol. The van der Waals surface area contributed by atoms with Gasteiger partial charge >= 0.3 is 5.97 Å². The zero-order valence-electron chi connectivity index (χ0n) is 11.0. The van der Waals surface area contributed by atoms with E-state index in [-0.39, 0.29) is 28.0 Å². The number of rotatable bonds is 5. The van der Waals surface area contributed by atoms with Crippen molar-refractivity contribution in [2.45, 2.75) is 6.61 Å². The maximum atomic E-state index is 11.4. The molecule has 0 aliphatic rings. The number of hydrogen-bond donors (Lipinski definition) is 1. The van der Waals surface area contributed by atoms with E-state index >= 15 is 0 Å². The molecule has 0 spiro atoms. The normalized spacial score (nSPS) is 10.3. The molecule has 2 rings (SSSR count). The average Bonchev–Trinajstić information content (AvgIpc) is 2.45. The summed E-state index contributed by atoms with van der Waals surface area (Å²) in [5.41, 5.74) is 0.796. The second-order valence-electron chi connectivity index (χ2n) is 4.32. The van der Waals surface area contributed by atoms with Crippen molar-refractivity contribution in [1.29, 1.82) is 0 Å². The van der Waals surface area contributed by atoms with Gasteiger partial charge in [-0.3, -0.25) is 4.79 Å². The van der Waals surface area contributed by atoms with Gasteiger partial charge in [0.15, 0.2) is 5.75 Å². The third-order valence-electron chi connectivity index (χ3n) is 2.73. The maximum absolute atomic E-state index is 11.4. The molecule has 0 aromatic heterocycles. The van der Waals surface area contributed by atoms with E-state index in [0.717, 1.165) is 10.0 Å². The van der Waals surface area contributed by atoms with Gasteiger partial charge in [-0.2, -0.15) is 0 Å². The van der Waals surface area contributed by atoms with E-state index in [0.29, 0.717) is 0 Å². The summed E-state index contributed by atoms with van der Waals surface area (Å²) in [5, 5.41) is 8.85. The quantitative estimate of drug-likeness (QED) is 0.585. The van der Waals surface area contributed by atoms with Crippen molar-refractivity contribution in [2.75, 3.05) is 0 Å². The highest BCUT2D eigenvalue weighted by Gasteiger charge is 2.19. The molecule has 0 saturated carbocycles. The summed E-state index contributed by atoms with van der Waals surface area (Å²) < 4.78 is 6.47. The molecule has 0 bridgehead atoms. The zero-order valence-corrected chi connectivity index (χ0v) is 14.1. The minimum Gasteiger partial charge on any atom is -0.486 e. The van der Waals surface area contributed by atoms with E-state index in [2.05, 4.69) is 15.9 Å². The zero-order chi connectivity index (χ0) is 16.3. The Hall–Kier alpha value is -1.56.